The van der Waals surface area contributed by atoms with Crippen LogP contribution >= 0.6 is 11.8 Å². The summed E-state index contributed by atoms with van der Waals surface area (Å²) in [5.41, 5.74) is 2.64. The number of methoxy groups -OCH3 is 1. The molecule has 2 aromatic rings. The molecule has 2 N–H and O–H groups in total. The number of halogens is 1. The van der Waals surface area contributed by atoms with Crippen LogP contribution in [0, 0.1) is 5.82 Å². The Labute approximate surface area is 178 Å². The first kappa shape index (κ1) is 21.6. The Bertz CT molecular complexity index is 989. The van der Waals surface area contributed by atoms with E-state index in [0.29, 0.717) is 28.5 Å². The minimum atomic E-state index is -0.422. The van der Waals surface area contributed by atoms with Gasteiger partial charge in [0.05, 0.1) is 35.2 Å². The molecule has 1 heterocycles. The maximum absolute atomic E-state index is 13.1. The molecule has 1 aliphatic heterocycles. The minimum absolute atomic E-state index is 0.0585. The fraction of sp³-hybridized carbons (Fsp3) is 0.227. The third-order valence-corrected chi connectivity index (χ3v) is 5.61. The number of para-hydroxylation sites is 2. The second-order valence-electron chi connectivity index (χ2n) is 6.53. The highest BCUT2D eigenvalue weighted by Gasteiger charge is 2.22. The van der Waals surface area contributed by atoms with Crippen LogP contribution in [-0.4, -0.2) is 29.3 Å². The maximum atomic E-state index is 13.1. The number of rotatable bonds is 6. The van der Waals surface area contributed by atoms with Crippen LogP contribution in [0.2, 0.25) is 0 Å². The number of hydrogen-bond donors (Lipinski definition) is 2. The van der Waals surface area contributed by atoms with Gasteiger partial charge < -0.3 is 15.4 Å². The molecule has 30 heavy (non-hydrogen) atoms. The van der Waals surface area contributed by atoms with Crippen molar-refractivity contribution in [2.24, 2.45) is 4.99 Å². The number of fused-ring (bicyclic) bond motifs is 1. The summed E-state index contributed by atoms with van der Waals surface area (Å²) in [6.07, 6.45) is 2.38. The zero-order valence-corrected chi connectivity index (χ0v) is 17.5. The number of benzene rings is 2. The van der Waals surface area contributed by atoms with Crippen molar-refractivity contribution in [3.63, 3.8) is 0 Å². The third-order valence-electron chi connectivity index (χ3n) is 4.33. The highest BCUT2D eigenvalue weighted by atomic mass is 32.2. The van der Waals surface area contributed by atoms with E-state index in [1.54, 1.807) is 6.08 Å². The van der Waals surface area contributed by atoms with Crippen LogP contribution in [0.15, 0.2) is 65.3 Å². The highest BCUT2D eigenvalue weighted by molar-refractivity contribution is 8.15. The molecule has 0 saturated carbocycles. The van der Waals surface area contributed by atoms with E-state index in [1.165, 1.54) is 43.1 Å². The van der Waals surface area contributed by atoms with Crippen molar-refractivity contribution in [3.8, 4) is 0 Å². The zero-order chi connectivity index (χ0) is 21.5. The van der Waals surface area contributed by atoms with Gasteiger partial charge in [0, 0.05) is 11.4 Å². The van der Waals surface area contributed by atoms with Gasteiger partial charge in [0.2, 0.25) is 5.91 Å². The predicted octanol–water partition coefficient (Wildman–Crippen LogP) is 4.88. The lowest BCUT2D eigenvalue weighted by Gasteiger charge is -2.15. The Kier molecular flexibility index (Phi) is 7.24. The Morgan fingerprint density at radius 3 is 2.63 bits per heavy atom. The molecule has 0 spiro atoms. The molecule has 3 rings (SSSR count). The van der Waals surface area contributed by atoms with Crippen molar-refractivity contribution in [2.75, 3.05) is 17.7 Å². The van der Waals surface area contributed by atoms with Gasteiger partial charge in [0.15, 0.2) is 0 Å². The monoisotopic (exact) mass is 427 g/mol. The molecule has 1 atom stereocenters. The van der Waals surface area contributed by atoms with E-state index >= 15 is 0 Å². The molecule has 156 valence electrons. The first-order chi connectivity index (χ1) is 14.5. The summed E-state index contributed by atoms with van der Waals surface area (Å²) in [4.78, 5) is 29.2. The lowest BCUT2D eigenvalue weighted by atomic mass is 10.2. The average molecular weight is 428 g/mol. The number of nitrogens with one attached hydrogen (secondary N) is 2. The largest absolute Gasteiger partial charge is 0.469 e. The predicted molar refractivity (Wildman–Crippen MR) is 119 cm³/mol. The molecule has 1 amide bonds. The molecule has 8 heteroatoms. The van der Waals surface area contributed by atoms with Crippen molar-refractivity contribution in [2.45, 2.75) is 25.0 Å². The number of thioether (sulfide) groups is 1. The first-order valence-corrected chi connectivity index (χ1v) is 10.3. The number of carbonyl (C=O) groups is 2. The average Bonchev–Trinajstić information content (AvgIpc) is 2.91. The van der Waals surface area contributed by atoms with Gasteiger partial charge in [-0.2, -0.15) is 0 Å². The van der Waals surface area contributed by atoms with Gasteiger partial charge >= 0.3 is 5.97 Å². The van der Waals surface area contributed by atoms with Crippen molar-refractivity contribution in [1.82, 2.24) is 0 Å². The Morgan fingerprint density at radius 2 is 1.93 bits per heavy atom. The Hall–Kier alpha value is -3.13. The van der Waals surface area contributed by atoms with Gasteiger partial charge in [-0.05, 0) is 48.9 Å². The number of carbonyl (C=O) groups excluding carboxylic acids is 2. The molecule has 0 saturated heterocycles. The lowest BCUT2D eigenvalue weighted by molar-refractivity contribution is -0.139. The number of hydrogen-bond acceptors (Lipinski definition) is 6. The third kappa shape index (κ3) is 5.70. The van der Waals surface area contributed by atoms with Crippen LogP contribution in [0.5, 0.6) is 0 Å². The Balaban J connectivity index is 1.81. The molecular weight excluding hydrogens is 405 g/mol. The zero-order valence-electron chi connectivity index (χ0n) is 16.6. The van der Waals surface area contributed by atoms with Crippen molar-refractivity contribution in [1.29, 1.82) is 0 Å². The molecule has 0 bridgehead atoms. The summed E-state index contributed by atoms with van der Waals surface area (Å²) in [6.45, 7) is 1.91. The van der Waals surface area contributed by atoms with Crippen LogP contribution in [0.3, 0.4) is 0 Å². The summed E-state index contributed by atoms with van der Waals surface area (Å²) in [7, 11) is 1.34. The molecule has 0 fully saturated rings. The smallest absolute Gasteiger partial charge is 0.311 e. The van der Waals surface area contributed by atoms with Crippen molar-refractivity contribution < 1.29 is 18.7 Å². The number of esters is 1. The molecule has 6 nitrogen and oxygen atoms in total. The van der Waals surface area contributed by atoms with E-state index in [-0.39, 0.29) is 24.1 Å². The number of anilines is 2. The van der Waals surface area contributed by atoms with Crippen LogP contribution in [0.25, 0.3) is 0 Å². The van der Waals surface area contributed by atoms with E-state index in [0.717, 1.165) is 5.69 Å². The number of aliphatic imine (C=N–C) groups is 1. The maximum Gasteiger partial charge on any atom is 0.311 e. The Morgan fingerprint density at radius 1 is 1.20 bits per heavy atom. The second kappa shape index (κ2) is 10.1. The molecule has 0 aromatic heterocycles. The van der Waals surface area contributed by atoms with Gasteiger partial charge in [-0.15, -0.1) is 0 Å². The van der Waals surface area contributed by atoms with Gasteiger partial charge in [0.25, 0.3) is 0 Å². The van der Waals surface area contributed by atoms with E-state index in [2.05, 4.69) is 15.6 Å². The van der Waals surface area contributed by atoms with E-state index in [1.807, 2.05) is 31.2 Å². The highest BCUT2D eigenvalue weighted by Crippen LogP contribution is 2.32. The van der Waals surface area contributed by atoms with Crippen molar-refractivity contribution >= 4 is 45.7 Å². The van der Waals surface area contributed by atoms with Crippen LogP contribution < -0.4 is 10.6 Å². The fourth-order valence-corrected chi connectivity index (χ4v) is 3.78. The van der Waals surface area contributed by atoms with Crippen LogP contribution in [0.1, 0.15) is 19.8 Å². The van der Waals surface area contributed by atoms with Crippen LogP contribution in [0.4, 0.5) is 21.5 Å². The molecule has 0 aliphatic carbocycles. The molecular formula is C22H22FN3O3S. The minimum Gasteiger partial charge on any atom is -0.469 e. The van der Waals surface area contributed by atoms with E-state index in [9.17, 15) is 14.0 Å². The standard InChI is InChI=1S/C22H22FN3O3S/c1-3-19(22(28)25-15-10-8-14(23)9-11-15)30-20-12-16(13-21(27)29-2)24-17-6-4-5-7-18(17)26-20/h4-12,19,24H,3,13H2,1-2H3,(H,25,28). The lowest BCUT2D eigenvalue weighted by Crippen LogP contribution is -2.25. The summed E-state index contributed by atoms with van der Waals surface area (Å²) in [5.74, 6) is -0.944. The molecule has 1 aliphatic rings. The number of amides is 1. The quantitative estimate of drug-likeness (QED) is 0.643. The van der Waals surface area contributed by atoms with E-state index in [4.69, 9.17) is 4.74 Å². The molecule has 0 radical (unpaired) electrons. The van der Waals surface area contributed by atoms with Gasteiger partial charge in [-0.25, -0.2) is 9.38 Å². The number of ether oxygens (including phenoxy) is 1. The molecule has 2 aromatic carbocycles. The van der Waals surface area contributed by atoms with Crippen LogP contribution in [-0.2, 0) is 14.3 Å². The van der Waals surface area contributed by atoms with Gasteiger partial charge in [-0.1, -0.05) is 30.8 Å². The van der Waals surface area contributed by atoms with E-state index < -0.39 is 5.25 Å². The topological polar surface area (TPSA) is 79.8 Å². The molecule has 1 unspecified atom stereocenters. The summed E-state index contributed by atoms with van der Waals surface area (Å²) < 4.78 is 17.9. The fourth-order valence-electron chi connectivity index (χ4n) is 2.79. The van der Waals surface area contributed by atoms with Gasteiger partial charge in [0.1, 0.15) is 5.82 Å². The summed E-state index contributed by atoms with van der Waals surface area (Å²) in [5, 5.41) is 6.20. The summed E-state index contributed by atoms with van der Waals surface area (Å²) >= 11 is 1.31. The first-order valence-electron chi connectivity index (χ1n) is 9.43. The SMILES string of the molecule is CCC(SC1=Nc2ccccc2NC(CC(=O)OC)=C1)C(=O)Nc1ccc(F)cc1. The number of nitrogens with zero attached hydrogens (tertiary/aromatic N) is 1. The summed E-state index contributed by atoms with van der Waals surface area (Å²) in [6, 6.07) is 13.1. The second-order valence-corrected chi connectivity index (χ2v) is 7.75. The van der Waals surface area contributed by atoms with Crippen molar-refractivity contribution in [3.05, 3.63) is 66.1 Å². The normalized spacial score (nSPS) is 13.7. The van der Waals surface area contributed by atoms with Gasteiger partial charge in [-0.3, -0.25) is 9.59 Å².